The fourth-order valence-electron chi connectivity index (χ4n) is 1.33. The number of carboxylic acid groups (broad SMARTS) is 1. The molecule has 4 heteroatoms. The number of benzene rings is 1. The topological polar surface area (TPSA) is 66.4 Å². The second kappa shape index (κ2) is 5.90. The fourth-order valence-corrected chi connectivity index (χ4v) is 1.33. The van der Waals surface area contributed by atoms with Gasteiger partial charge >= 0.3 is 5.97 Å². The Balaban J connectivity index is 2.39. The molecule has 0 heterocycles. The van der Waals surface area contributed by atoms with Crippen molar-refractivity contribution in [3.63, 3.8) is 0 Å². The lowest BCUT2D eigenvalue weighted by Crippen LogP contribution is -2.29. The third-order valence-electron chi connectivity index (χ3n) is 2.17. The summed E-state index contributed by atoms with van der Waals surface area (Å²) >= 11 is 0. The van der Waals surface area contributed by atoms with Crippen molar-refractivity contribution in [3.05, 3.63) is 35.9 Å². The van der Waals surface area contributed by atoms with E-state index in [2.05, 4.69) is 5.32 Å². The minimum atomic E-state index is -0.846. The lowest BCUT2D eigenvalue weighted by atomic mass is 10.1. The van der Waals surface area contributed by atoms with E-state index in [9.17, 15) is 9.59 Å². The highest BCUT2D eigenvalue weighted by atomic mass is 16.4. The third-order valence-corrected chi connectivity index (χ3v) is 2.17. The molecule has 0 fully saturated rings. The molecule has 0 aliphatic rings. The monoisotopic (exact) mass is 221 g/mol. The molecule has 0 radical (unpaired) electrons. The van der Waals surface area contributed by atoms with Crippen molar-refractivity contribution in [2.45, 2.75) is 13.3 Å². The van der Waals surface area contributed by atoms with Gasteiger partial charge in [0.2, 0.25) is 0 Å². The Morgan fingerprint density at radius 2 is 1.94 bits per heavy atom. The average Bonchev–Trinajstić information content (AvgIpc) is 2.26. The van der Waals surface area contributed by atoms with Crippen LogP contribution in [-0.4, -0.2) is 23.5 Å². The number of amides is 1. The molecule has 16 heavy (non-hydrogen) atoms. The Labute approximate surface area is 94.3 Å². The molecule has 86 valence electrons. The van der Waals surface area contributed by atoms with Gasteiger partial charge in [0.25, 0.3) is 5.91 Å². The lowest BCUT2D eigenvalue weighted by Gasteiger charge is -2.10. The molecule has 0 bridgehead atoms. The van der Waals surface area contributed by atoms with Gasteiger partial charge in [-0.25, -0.2) is 0 Å². The van der Waals surface area contributed by atoms with E-state index in [1.165, 1.54) is 0 Å². The Hall–Kier alpha value is -1.84. The Bertz CT molecular complexity index is 362. The maximum Gasteiger partial charge on any atom is 0.303 e. The van der Waals surface area contributed by atoms with Crippen LogP contribution in [0.25, 0.3) is 0 Å². The number of carbonyl (C=O) groups is 2. The molecule has 4 nitrogen and oxygen atoms in total. The van der Waals surface area contributed by atoms with Crippen LogP contribution in [0.3, 0.4) is 0 Å². The molecular weight excluding hydrogens is 206 g/mol. The summed E-state index contributed by atoms with van der Waals surface area (Å²) in [6, 6.07) is 8.85. The van der Waals surface area contributed by atoms with E-state index in [0.717, 1.165) is 0 Å². The summed E-state index contributed by atoms with van der Waals surface area (Å²) in [4.78, 5) is 22.0. The van der Waals surface area contributed by atoms with Gasteiger partial charge in [-0.2, -0.15) is 0 Å². The van der Waals surface area contributed by atoms with Gasteiger partial charge in [0.1, 0.15) is 0 Å². The number of hydrogen-bond acceptors (Lipinski definition) is 2. The van der Waals surface area contributed by atoms with Gasteiger partial charge < -0.3 is 10.4 Å². The molecule has 1 atom stereocenters. The average molecular weight is 221 g/mol. The Morgan fingerprint density at radius 1 is 1.31 bits per heavy atom. The number of hydrogen-bond donors (Lipinski definition) is 2. The summed E-state index contributed by atoms with van der Waals surface area (Å²) in [5.41, 5.74) is 0.588. The van der Waals surface area contributed by atoms with E-state index in [1.54, 1.807) is 31.2 Å². The van der Waals surface area contributed by atoms with Crippen molar-refractivity contribution in [1.82, 2.24) is 5.32 Å². The summed E-state index contributed by atoms with van der Waals surface area (Å²) in [6.45, 7) is 2.17. The SMILES string of the molecule is CC(CNC(=O)c1ccccc1)CC(=O)O. The van der Waals surface area contributed by atoms with Crippen molar-refractivity contribution in [1.29, 1.82) is 0 Å². The van der Waals surface area contributed by atoms with Crippen LogP contribution in [0.2, 0.25) is 0 Å². The number of aliphatic carboxylic acids is 1. The van der Waals surface area contributed by atoms with Gasteiger partial charge in [-0.05, 0) is 18.1 Å². The summed E-state index contributed by atoms with van der Waals surface area (Å²) in [5, 5.41) is 11.3. The van der Waals surface area contributed by atoms with Gasteiger partial charge in [-0.3, -0.25) is 9.59 Å². The van der Waals surface area contributed by atoms with Crippen LogP contribution < -0.4 is 5.32 Å². The first-order valence-corrected chi connectivity index (χ1v) is 5.14. The number of carbonyl (C=O) groups excluding carboxylic acids is 1. The van der Waals surface area contributed by atoms with Gasteiger partial charge in [0.05, 0.1) is 0 Å². The lowest BCUT2D eigenvalue weighted by molar-refractivity contribution is -0.137. The molecular formula is C12H15NO3. The third kappa shape index (κ3) is 4.13. The number of nitrogens with one attached hydrogen (secondary N) is 1. The first-order chi connectivity index (χ1) is 7.59. The van der Waals surface area contributed by atoms with Gasteiger partial charge in [0, 0.05) is 18.5 Å². The van der Waals surface area contributed by atoms with Crippen LogP contribution in [0, 0.1) is 5.92 Å². The van der Waals surface area contributed by atoms with Crippen LogP contribution in [0.15, 0.2) is 30.3 Å². The smallest absolute Gasteiger partial charge is 0.303 e. The second-order valence-electron chi connectivity index (χ2n) is 3.78. The van der Waals surface area contributed by atoms with Crippen LogP contribution in [-0.2, 0) is 4.79 Å². The van der Waals surface area contributed by atoms with E-state index in [4.69, 9.17) is 5.11 Å². The largest absolute Gasteiger partial charge is 0.481 e. The number of carboxylic acids is 1. The van der Waals surface area contributed by atoms with E-state index in [1.807, 2.05) is 6.07 Å². The molecule has 0 aliphatic heterocycles. The highest BCUT2D eigenvalue weighted by Gasteiger charge is 2.10. The highest BCUT2D eigenvalue weighted by Crippen LogP contribution is 2.02. The Morgan fingerprint density at radius 3 is 2.50 bits per heavy atom. The molecule has 2 N–H and O–H groups in total. The zero-order valence-corrected chi connectivity index (χ0v) is 9.14. The van der Waals surface area contributed by atoms with E-state index in [-0.39, 0.29) is 18.2 Å². The highest BCUT2D eigenvalue weighted by molar-refractivity contribution is 5.94. The van der Waals surface area contributed by atoms with Crippen LogP contribution in [0.1, 0.15) is 23.7 Å². The van der Waals surface area contributed by atoms with Crippen molar-refractivity contribution in [3.8, 4) is 0 Å². The minimum absolute atomic E-state index is 0.0646. The van der Waals surface area contributed by atoms with Crippen molar-refractivity contribution < 1.29 is 14.7 Å². The van der Waals surface area contributed by atoms with Crippen molar-refractivity contribution >= 4 is 11.9 Å². The zero-order valence-electron chi connectivity index (χ0n) is 9.14. The molecule has 1 aromatic carbocycles. The van der Waals surface area contributed by atoms with Gasteiger partial charge in [-0.1, -0.05) is 25.1 Å². The second-order valence-corrected chi connectivity index (χ2v) is 3.78. The fraction of sp³-hybridized carbons (Fsp3) is 0.333. The summed E-state index contributed by atoms with van der Waals surface area (Å²) < 4.78 is 0. The summed E-state index contributed by atoms with van der Waals surface area (Å²) in [6.07, 6.45) is 0.0646. The van der Waals surface area contributed by atoms with E-state index < -0.39 is 5.97 Å². The van der Waals surface area contributed by atoms with Crippen molar-refractivity contribution in [2.24, 2.45) is 5.92 Å². The molecule has 0 aliphatic carbocycles. The van der Waals surface area contributed by atoms with E-state index >= 15 is 0 Å². The summed E-state index contributed by atoms with van der Waals surface area (Å²) in [7, 11) is 0. The maximum absolute atomic E-state index is 11.6. The van der Waals surface area contributed by atoms with Crippen molar-refractivity contribution in [2.75, 3.05) is 6.54 Å². The predicted molar refractivity (Wildman–Crippen MR) is 60.2 cm³/mol. The molecule has 0 saturated heterocycles. The number of rotatable bonds is 5. The maximum atomic E-state index is 11.6. The molecule has 1 unspecified atom stereocenters. The Kier molecular flexibility index (Phi) is 4.51. The quantitative estimate of drug-likeness (QED) is 0.792. The minimum Gasteiger partial charge on any atom is -0.481 e. The van der Waals surface area contributed by atoms with Crippen LogP contribution >= 0.6 is 0 Å². The van der Waals surface area contributed by atoms with Gasteiger partial charge in [0.15, 0.2) is 0 Å². The van der Waals surface area contributed by atoms with Crippen LogP contribution in [0.4, 0.5) is 0 Å². The van der Waals surface area contributed by atoms with E-state index in [0.29, 0.717) is 12.1 Å². The molecule has 0 spiro atoms. The first kappa shape index (κ1) is 12.2. The molecule has 1 amide bonds. The van der Waals surface area contributed by atoms with Gasteiger partial charge in [-0.15, -0.1) is 0 Å². The molecule has 0 saturated carbocycles. The molecule has 1 rings (SSSR count). The molecule has 0 aromatic heterocycles. The first-order valence-electron chi connectivity index (χ1n) is 5.14. The normalized spacial score (nSPS) is 11.8. The standard InChI is InChI=1S/C12H15NO3/c1-9(7-11(14)15)8-13-12(16)10-5-3-2-4-6-10/h2-6,9H,7-8H2,1H3,(H,13,16)(H,14,15). The summed E-state index contributed by atoms with van der Waals surface area (Å²) in [5.74, 6) is -1.08. The zero-order chi connectivity index (χ0) is 12.0. The molecule has 1 aromatic rings. The predicted octanol–water partition coefficient (Wildman–Crippen LogP) is 1.53. The van der Waals surface area contributed by atoms with Crippen LogP contribution in [0.5, 0.6) is 0 Å².